The molecule has 1 aliphatic carbocycles. The maximum atomic E-state index is 5.11. The van der Waals surface area contributed by atoms with Gasteiger partial charge in [-0.15, -0.1) is 0 Å². The Morgan fingerprint density at radius 3 is 1.29 bits per heavy atom. The van der Waals surface area contributed by atoms with Crippen molar-refractivity contribution in [1.29, 1.82) is 0 Å². The van der Waals surface area contributed by atoms with Gasteiger partial charge in [-0.05, 0) is 84.9 Å². The Kier molecular flexibility index (Phi) is 5.54. The molecule has 0 unspecified atom stereocenters. The van der Waals surface area contributed by atoms with Crippen molar-refractivity contribution < 1.29 is 0 Å². The molecule has 0 saturated carbocycles. The summed E-state index contributed by atoms with van der Waals surface area (Å²) in [5, 5.41) is 7.25. The minimum Gasteiger partial charge on any atom is -0.208 e. The Morgan fingerprint density at radius 2 is 0.756 bits per heavy atom. The molecule has 0 saturated heterocycles. The highest BCUT2D eigenvalue weighted by atomic mass is 15.0. The zero-order valence-corrected chi connectivity index (χ0v) is 25.1. The fraction of sp³-hybridized carbons (Fsp3) is 0.0714. The van der Waals surface area contributed by atoms with Gasteiger partial charge in [-0.1, -0.05) is 123 Å². The number of aromatic nitrogens is 3. The van der Waals surface area contributed by atoms with Crippen molar-refractivity contribution >= 4 is 32.3 Å². The SMILES string of the molecule is CC1(C)c2cc(-c3nc(-c4ccc5ccccc5c4)nc(-c4ccc5ccccc5c4)n3)ccc2-c2cc3ccccc3cc21. The minimum atomic E-state index is -0.153. The van der Waals surface area contributed by atoms with E-state index in [1.165, 1.54) is 43.8 Å². The second-order valence-corrected chi connectivity index (χ2v) is 12.6. The molecule has 0 radical (unpaired) electrons. The third kappa shape index (κ3) is 4.16. The lowest BCUT2D eigenvalue weighted by molar-refractivity contribution is 0.661. The molecule has 0 spiro atoms. The average molecular weight is 576 g/mol. The van der Waals surface area contributed by atoms with Crippen molar-refractivity contribution in [1.82, 2.24) is 15.0 Å². The highest BCUT2D eigenvalue weighted by Crippen LogP contribution is 2.50. The molecule has 45 heavy (non-hydrogen) atoms. The summed E-state index contributed by atoms with van der Waals surface area (Å²) in [4.78, 5) is 15.3. The first kappa shape index (κ1) is 25.8. The van der Waals surface area contributed by atoms with Gasteiger partial charge in [0.1, 0.15) is 0 Å². The maximum absolute atomic E-state index is 5.11. The molecule has 0 bridgehead atoms. The monoisotopic (exact) mass is 575 g/mol. The van der Waals surface area contributed by atoms with E-state index in [4.69, 9.17) is 15.0 Å². The maximum Gasteiger partial charge on any atom is 0.164 e. The molecule has 3 heteroatoms. The molecule has 9 rings (SSSR count). The van der Waals surface area contributed by atoms with E-state index in [2.05, 4.69) is 153 Å². The van der Waals surface area contributed by atoms with Gasteiger partial charge in [0.05, 0.1) is 0 Å². The van der Waals surface area contributed by atoms with Crippen LogP contribution in [0.4, 0.5) is 0 Å². The van der Waals surface area contributed by atoms with Gasteiger partial charge in [0, 0.05) is 22.1 Å². The van der Waals surface area contributed by atoms with Crippen LogP contribution in [0.25, 0.3) is 77.6 Å². The molecule has 1 aliphatic rings. The summed E-state index contributed by atoms with van der Waals surface area (Å²) in [5.74, 6) is 2.02. The van der Waals surface area contributed by atoms with E-state index in [0.29, 0.717) is 17.5 Å². The molecular weight excluding hydrogens is 546 g/mol. The number of nitrogens with zero attached hydrogens (tertiary/aromatic N) is 3. The highest BCUT2D eigenvalue weighted by Gasteiger charge is 2.36. The Bertz CT molecular complexity index is 2380. The zero-order chi connectivity index (χ0) is 30.1. The molecular formula is C42H29N3. The Morgan fingerprint density at radius 1 is 0.356 bits per heavy atom. The van der Waals surface area contributed by atoms with Crippen molar-refractivity contribution in [3.8, 4) is 45.3 Å². The van der Waals surface area contributed by atoms with Gasteiger partial charge < -0.3 is 0 Å². The van der Waals surface area contributed by atoms with E-state index in [1.807, 2.05) is 0 Å². The van der Waals surface area contributed by atoms with Crippen LogP contribution in [0, 0.1) is 0 Å². The van der Waals surface area contributed by atoms with Crippen LogP contribution in [0.1, 0.15) is 25.0 Å². The second-order valence-electron chi connectivity index (χ2n) is 12.6. The lowest BCUT2D eigenvalue weighted by atomic mass is 9.81. The van der Waals surface area contributed by atoms with Crippen LogP contribution < -0.4 is 0 Å². The Labute approximate surface area is 261 Å². The van der Waals surface area contributed by atoms with Gasteiger partial charge in [-0.25, -0.2) is 15.0 Å². The second kappa shape index (κ2) is 9.67. The van der Waals surface area contributed by atoms with Gasteiger partial charge in [0.25, 0.3) is 0 Å². The third-order valence-electron chi connectivity index (χ3n) is 9.45. The number of fused-ring (bicyclic) bond motifs is 6. The Balaban J connectivity index is 1.23. The number of rotatable bonds is 3. The van der Waals surface area contributed by atoms with Crippen LogP contribution in [-0.2, 0) is 5.41 Å². The van der Waals surface area contributed by atoms with Gasteiger partial charge in [-0.2, -0.15) is 0 Å². The molecule has 0 aliphatic heterocycles. The Hall–Kier alpha value is -5.67. The summed E-state index contributed by atoms with van der Waals surface area (Å²) < 4.78 is 0. The lowest BCUT2D eigenvalue weighted by Gasteiger charge is -2.22. The number of hydrogen-bond acceptors (Lipinski definition) is 3. The summed E-state index contributed by atoms with van der Waals surface area (Å²) in [6, 6.07) is 49.7. The van der Waals surface area contributed by atoms with Crippen molar-refractivity contribution in [2.24, 2.45) is 0 Å². The summed E-state index contributed by atoms with van der Waals surface area (Å²) in [5.41, 5.74) is 8.03. The smallest absolute Gasteiger partial charge is 0.164 e. The molecule has 8 aromatic rings. The molecule has 1 aromatic heterocycles. The molecule has 0 fully saturated rings. The first-order valence-corrected chi connectivity index (χ1v) is 15.4. The predicted octanol–water partition coefficient (Wildman–Crippen LogP) is 10.6. The van der Waals surface area contributed by atoms with Crippen LogP contribution in [0.2, 0.25) is 0 Å². The number of hydrogen-bond donors (Lipinski definition) is 0. The van der Waals surface area contributed by atoms with Gasteiger partial charge in [0.15, 0.2) is 17.5 Å². The lowest BCUT2D eigenvalue weighted by Crippen LogP contribution is -2.15. The molecule has 7 aromatic carbocycles. The van der Waals surface area contributed by atoms with Crippen LogP contribution in [0.15, 0.2) is 140 Å². The van der Waals surface area contributed by atoms with Gasteiger partial charge in [-0.3, -0.25) is 0 Å². The first-order valence-electron chi connectivity index (χ1n) is 15.4. The van der Waals surface area contributed by atoms with E-state index >= 15 is 0 Å². The summed E-state index contributed by atoms with van der Waals surface area (Å²) in [6.45, 7) is 4.65. The van der Waals surface area contributed by atoms with Gasteiger partial charge >= 0.3 is 0 Å². The average Bonchev–Trinajstić information content (AvgIpc) is 3.31. The standard InChI is InChI=1S/C42H29N3/c1-42(2)37-25-34(19-20-35(37)36-23-30-13-7-8-14-31(30)24-38(36)42)41-44-39(32-17-15-26-9-3-5-11-28(26)21-32)43-40(45-41)33-18-16-27-10-4-6-12-29(27)22-33/h3-25H,1-2H3. The largest absolute Gasteiger partial charge is 0.208 e. The van der Waals surface area contributed by atoms with Crippen LogP contribution in [0.5, 0.6) is 0 Å². The molecule has 0 N–H and O–H groups in total. The third-order valence-corrected chi connectivity index (χ3v) is 9.45. The van der Waals surface area contributed by atoms with E-state index in [1.54, 1.807) is 0 Å². The van der Waals surface area contributed by atoms with E-state index in [0.717, 1.165) is 27.5 Å². The summed E-state index contributed by atoms with van der Waals surface area (Å²) in [6.07, 6.45) is 0. The molecule has 212 valence electrons. The highest BCUT2D eigenvalue weighted by molar-refractivity contribution is 5.94. The van der Waals surface area contributed by atoms with Crippen LogP contribution >= 0.6 is 0 Å². The van der Waals surface area contributed by atoms with Crippen LogP contribution in [-0.4, -0.2) is 15.0 Å². The zero-order valence-electron chi connectivity index (χ0n) is 25.1. The summed E-state index contributed by atoms with van der Waals surface area (Å²) >= 11 is 0. The number of benzene rings is 7. The predicted molar refractivity (Wildman–Crippen MR) is 186 cm³/mol. The van der Waals surface area contributed by atoms with Crippen LogP contribution in [0.3, 0.4) is 0 Å². The van der Waals surface area contributed by atoms with E-state index in [9.17, 15) is 0 Å². The molecule has 3 nitrogen and oxygen atoms in total. The van der Waals surface area contributed by atoms with Crippen molar-refractivity contribution in [2.75, 3.05) is 0 Å². The van der Waals surface area contributed by atoms with Crippen molar-refractivity contribution in [3.63, 3.8) is 0 Å². The minimum absolute atomic E-state index is 0.153. The molecule has 1 heterocycles. The fourth-order valence-corrected chi connectivity index (χ4v) is 6.98. The first-order chi connectivity index (χ1) is 22.0. The van der Waals surface area contributed by atoms with E-state index < -0.39 is 0 Å². The summed E-state index contributed by atoms with van der Waals surface area (Å²) in [7, 11) is 0. The van der Waals surface area contributed by atoms with Crippen molar-refractivity contribution in [3.05, 3.63) is 151 Å². The van der Waals surface area contributed by atoms with Crippen molar-refractivity contribution in [2.45, 2.75) is 19.3 Å². The molecule has 0 amide bonds. The fourth-order valence-electron chi connectivity index (χ4n) is 6.98. The quantitative estimate of drug-likeness (QED) is 0.210. The normalized spacial score (nSPS) is 13.3. The molecule has 0 atom stereocenters. The van der Waals surface area contributed by atoms with Gasteiger partial charge in [0.2, 0.25) is 0 Å². The van der Waals surface area contributed by atoms with E-state index in [-0.39, 0.29) is 5.41 Å². The topological polar surface area (TPSA) is 38.7 Å².